The van der Waals surface area contributed by atoms with Gasteiger partial charge in [-0.1, -0.05) is 61.4 Å². The number of carbonyl (C=O) groups is 3. The van der Waals surface area contributed by atoms with Crippen LogP contribution in [0.4, 0.5) is 4.79 Å². The van der Waals surface area contributed by atoms with Crippen LogP contribution in [0.15, 0.2) is 48.5 Å². The maximum atomic E-state index is 12.8. The number of hydrogen-bond acceptors (Lipinski definition) is 4. The Kier molecular flexibility index (Phi) is 5.79. The average Bonchev–Trinajstić information content (AvgIpc) is 3.54. The van der Waals surface area contributed by atoms with Crippen LogP contribution < -0.4 is 10.6 Å². The van der Waals surface area contributed by atoms with Crippen LogP contribution in [0.1, 0.15) is 49.1 Å². The zero-order valence-corrected chi connectivity index (χ0v) is 18.3. The Morgan fingerprint density at radius 2 is 1.67 bits per heavy atom. The van der Waals surface area contributed by atoms with Gasteiger partial charge in [0, 0.05) is 12.0 Å². The van der Waals surface area contributed by atoms with Gasteiger partial charge < -0.3 is 20.5 Å². The number of hydrogen-bond donors (Lipinski definition) is 3. The number of ether oxygens (including phenoxy) is 1. The van der Waals surface area contributed by atoms with Gasteiger partial charge >= 0.3 is 12.1 Å². The first-order valence-corrected chi connectivity index (χ1v) is 11.6. The second-order valence-electron chi connectivity index (χ2n) is 9.33. The molecule has 0 radical (unpaired) electrons. The van der Waals surface area contributed by atoms with Crippen molar-refractivity contribution in [3.63, 3.8) is 0 Å². The first-order valence-electron chi connectivity index (χ1n) is 11.6. The first kappa shape index (κ1) is 21.5. The van der Waals surface area contributed by atoms with Crippen molar-refractivity contribution in [3.8, 4) is 11.1 Å². The number of alkyl carbamates (subject to hydrolysis) is 1. The lowest BCUT2D eigenvalue weighted by molar-refractivity contribution is -0.140. The molecule has 4 unspecified atom stereocenters. The van der Waals surface area contributed by atoms with Crippen LogP contribution in [-0.4, -0.2) is 41.8 Å². The Morgan fingerprint density at radius 3 is 2.33 bits per heavy atom. The molecule has 0 aromatic heterocycles. The van der Waals surface area contributed by atoms with Crippen LogP contribution in [0.2, 0.25) is 0 Å². The van der Waals surface area contributed by atoms with Gasteiger partial charge in [0.2, 0.25) is 5.91 Å². The Labute approximate surface area is 192 Å². The molecule has 2 aromatic rings. The van der Waals surface area contributed by atoms with Crippen molar-refractivity contribution in [3.05, 3.63) is 59.7 Å². The molecule has 0 aliphatic heterocycles. The molecule has 33 heavy (non-hydrogen) atoms. The van der Waals surface area contributed by atoms with E-state index in [4.69, 9.17) is 4.74 Å². The summed E-state index contributed by atoms with van der Waals surface area (Å²) in [5.41, 5.74) is 4.41. The van der Waals surface area contributed by atoms with E-state index in [-0.39, 0.29) is 18.6 Å². The molecular weight excluding hydrogens is 420 g/mol. The molecule has 3 aliphatic rings. The maximum Gasteiger partial charge on any atom is 0.407 e. The van der Waals surface area contributed by atoms with Crippen LogP contribution in [0, 0.1) is 11.8 Å². The quantitative estimate of drug-likeness (QED) is 0.599. The largest absolute Gasteiger partial charge is 0.481 e. The first-order chi connectivity index (χ1) is 16.0. The lowest BCUT2D eigenvalue weighted by Crippen LogP contribution is -2.51. The maximum absolute atomic E-state index is 12.8. The number of nitrogens with one attached hydrogen (secondary N) is 2. The zero-order chi connectivity index (χ0) is 22.9. The number of benzene rings is 2. The van der Waals surface area contributed by atoms with Gasteiger partial charge in [0.25, 0.3) is 0 Å². The van der Waals surface area contributed by atoms with Gasteiger partial charge in [-0.2, -0.15) is 0 Å². The highest BCUT2D eigenvalue weighted by Crippen LogP contribution is 2.49. The second kappa shape index (κ2) is 8.89. The van der Waals surface area contributed by atoms with Gasteiger partial charge in [0.05, 0.1) is 6.42 Å². The fourth-order valence-electron chi connectivity index (χ4n) is 5.54. The number of carboxylic acid groups (broad SMARTS) is 1. The van der Waals surface area contributed by atoms with Crippen LogP contribution in [0.3, 0.4) is 0 Å². The minimum absolute atomic E-state index is 0.0665. The standard InChI is InChI=1S/C26H28N2O5/c29-24(30)13-23(25(31)27-22-11-5-6-15-12-20(15)22)28-26(32)33-14-21-18-9-3-1-7-16(18)17-8-2-4-10-19(17)21/h1-4,7-10,15,20-23H,5-6,11-14H2,(H,27,31)(H,28,32)(H,29,30). The highest BCUT2D eigenvalue weighted by Gasteiger charge is 2.46. The van der Waals surface area contributed by atoms with Crippen LogP contribution in [0.5, 0.6) is 0 Å². The molecule has 3 N–H and O–H groups in total. The third-order valence-electron chi connectivity index (χ3n) is 7.24. The van der Waals surface area contributed by atoms with E-state index in [1.807, 2.05) is 36.4 Å². The SMILES string of the molecule is O=C(O)CC(NC(=O)OCC1c2ccccc2-c2ccccc21)C(=O)NC1CCCC2CC21. The molecule has 0 spiro atoms. The predicted molar refractivity (Wildman–Crippen MR) is 122 cm³/mol. The summed E-state index contributed by atoms with van der Waals surface area (Å²) in [7, 11) is 0. The van der Waals surface area contributed by atoms with Gasteiger partial charge in [-0.25, -0.2) is 4.79 Å². The highest BCUT2D eigenvalue weighted by atomic mass is 16.5. The Morgan fingerprint density at radius 1 is 1.00 bits per heavy atom. The third kappa shape index (κ3) is 4.45. The van der Waals surface area contributed by atoms with E-state index in [1.54, 1.807) is 0 Å². The van der Waals surface area contributed by atoms with Crippen molar-refractivity contribution >= 4 is 18.0 Å². The number of aliphatic carboxylic acids is 1. The summed E-state index contributed by atoms with van der Waals surface area (Å²) in [6.45, 7) is 0.105. The average molecular weight is 449 g/mol. The molecule has 0 heterocycles. The molecule has 3 aliphatic carbocycles. The smallest absolute Gasteiger partial charge is 0.407 e. The number of amides is 2. The van der Waals surface area contributed by atoms with Gasteiger partial charge in [-0.05, 0) is 46.9 Å². The Hall–Kier alpha value is -3.35. The van der Waals surface area contributed by atoms with Crippen molar-refractivity contribution in [2.45, 2.75) is 50.1 Å². The number of fused-ring (bicyclic) bond motifs is 4. The van der Waals surface area contributed by atoms with E-state index in [9.17, 15) is 19.5 Å². The van der Waals surface area contributed by atoms with E-state index in [0.29, 0.717) is 11.8 Å². The van der Waals surface area contributed by atoms with Crippen LogP contribution in [0.25, 0.3) is 11.1 Å². The molecule has 7 nitrogen and oxygen atoms in total. The van der Waals surface area contributed by atoms with Gasteiger partial charge in [0.15, 0.2) is 0 Å². The van der Waals surface area contributed by atoms with E-state index in [2.05, 4.69) is 22.8 Å². The van der Waals surface area contributed by atoms with E-state index >= 15 is 0 Å². The summed E-state index contributed by atoms with van der Waals surface area (Å²) in [6.07, 6.45) is 3.01. The number of carbonyl (C=O) groups excluding carboxylic acids is 2. The van der Waals surface area contributed by atoms with Gasteiger partial charge in [-0.3, -0.25) is 9.59 Å². The molecule has 2 saturated carbocycles. The summed E-state index contributed by atoms with van der Waals surface area (Å²) in [6, 6.07) is 14.9. The second-order valence-corrected chi connectivity index (χ2v) is 9.33. The van der Waals surface area contributed by atoms with Gasteiger partial charge in [0.1, 0.15) is 12.6 Å². The van der Waals surface area contributed by atoms with E-state index in [1.165, 1.54) is 6.42 Å². The zero-order valence-electron chi connectivity index (χ0n) is 18.3. The van der Waals surface area contributed by atoms with Crippen molar-refractivity contribution in [1.82, 2.24) is 10.6 Å². The molecule has 2 aromatic carbocycles. The molecule has 7 heteroatoms. The lowest BCUT2D eigenvalue weighted by atomic mass is 9.95. The summed E-state index contributed by atoms with van der Waals surface area (Å²) in [5.74, 6) is -0.547. The Balaban J connectivity index is 1.22. The number of carboxylic acids is 1. The third-order valence-corrected chi connectivity index (χ3v) is 7.24. The molecule has 0 bridgehead atoms. The van der Waals surface area contributed by atoms with E-state index < -0.39 is 30.4 Å². The summed E-state index contributed by atoms with van der Waals surface area (Å²) in [5, 5.41) is 14.7. The van der Waals surface area contributed by atoms with Crippen molar-refractivity contribution in [1.29, 1.82) is 0 Å². The summed E-state index contributed by atoms with van der Waals surface area (Å²) in [4.78, 5) is 36.7. The van der Waals surface area contributed by atoms with E-state index in [0.717, 1.165) is 41.5 Å². The van der Waals surface area contributed by atoms with Crippen molar-refractivity contribution in [2.75, 3.05) is 6.61 Å². The molecule has 0 saturated heterocycles. The van der Waals surface area contributed by atoms with Crippen LogP contribution >= 0.6 is 0 Å². The topological polar surface area (TPSA) is 105 Å². The van der Waals surface area contributed by atoms with Crippen molar-refractivity contribution < 1.29 is 24.2 Å². The molecule has 2 fully saturated rings. The molecule has 4 atom stereocenters. The normalized spacial score (nSPS) is 23.5. The highest BCUT2D eigenvalue weighted by molar-refractivity contribution is 5.89. The Bertz CT molecular complexity index is 1040. The summed E-state index contributed by atoms with van der Waals surface area (Å²) >= 11 is 0. The fraction of sp³-hybridized carbons (Fsp3) is 0.423. The molecule has 2 amide bonds. The summed E-state index contributed by atoms with van der Waals surface area (Å²) < 4.78 is 5.50. The molecular formula is C26H28N2O5. The minimum Gasteiger partial charge on any atom is -0.481 e. The minimum atomic E-state index is -1.17. The number of rotatable bonds is 7. The monoisotopic (exact) mass is 448 g/mol. The van der Waals surface area contributed by atoms with Crippen molar-refractivity contribution in [2.24, 2.45) is 11.8 Å². The molecule has 172 valence electrons. The molecule has 5 rings (SSSR count). The fourth-order valence-corrected chi connectivity index (χ4v) is 5.54. The van der Waals surface area contributed by atoms with Crippen LogP contribution in [-0.2, 0) is 14.3 Å². The van der Waals surface area contributed by atoms with Gasteiger partial charge in [-0.15, -0.1) is 0 Å². The lowest BCUT2D eigenvalue weighted by Gasteiger charge is -2.25. The predicted octanol–water partition coefficient (Wildman–Crippen LogP) is 3.67.